The molecule has 1 aromatic heterocycles. The van der Waals surface area contributed by atoms with Gasteiger partial charge >= 0.3 is 0 Å². The molecule has 0 saturated carbocycles. The molecule has 0 amide bonds. The van der Waals surface area contributed by atoms with Gasteiger partial charge in [-0.1, -0.05) is 12.1 Å². The number of nitrogens with zero attached hydrogens (tertiary/aromatic N) is 1. The van der Waals surface area contributed by atoms with Crippen LogP contribution >= 0.6 is 11.3 Å². The van der Waals surface area contributed by atoms with E-state index in [4.69, 9.17) is 4.74 Å². The zero-order valence-electron chi connectivity index (χ0n) is 10.1. The number of thiazole rings is 1. The molecule has 4 heteroatoms. The summed E-state index contributed by atoms with van der Waals surface area (Å²) in [7, 11) is 3.63. The van der Waals surface area contributed by atoms with Crippen molar-refractivity contribution in [3.8, 4) is 5.75 Å². The summed E-state index contributed by atoms with van der Waals surface area (Å²) >= 11 is 1.76. The van der Waals surface area contributed by atoms with Crippen LogP contribution in [0.1, 0.15) is 15.4 Å². The molecule has 0 atom stereocenters. The quantitative estimate of drug-likeness (QED) is 0.882. The SMILES string of the molecule is CNCc1cnc(Cc2ccc(OC)cc2)s1. The number of benzene rings is 1. The summed E-state index contributed by atoms with van der Waals surface area (Å²) in [5, 5.41) is 4.28. The molecule has 0 unspecified atom stereocenters. The Hall–Kier alpha value is -1.39. The smallest absolute Gasteiger partial charge is 0.118 e. The van der Waals surface area contributed by atoms with Gasteiger partial charge in [0.2, 0.25) is 0 Å². The van der Waals surface area contributed by atoms with Gasteiger partial charge in [0.05, 0.1) is 12.1 Å². The van der Waals surface area contributed by atoms with Gasteiger partial charge in [-0.2, -0.15) is 0 Å². The highest BCUT2D eigenvalue weighted by molar-refractivity contribution is 7.11. The van der Waals surface area contributed by atoms with E-state index in [-0.39, 0.29) is 0 Å². The molecule has 1 heterocycles. The van der Waals surface area contributed by atoms with Gasteiger partial charge in [0.1, 0.15) is 5.75 Å². The van der Waals surface area contributed by atoms with Crippen molar-refractivity contribution in [3.05, 3.63) is 45.9 Å². The second-order valence-electron chi connectivity index (χ2n) is 3.78. The average molecular weight is 248 g/mol. The molecule has 3 nitrogen and oxygen atoms in total. The number of nitrogens with one attached hydrogen (secondary N) is 1. The van der Waals surface area contributed by atoms with Crippen LogP contribution in [0.3, 0.4) is 0 Å². The molecule has 0 fully saturated rings. The molecule has 2 aromatic rings. The van der Waals surface area contributed by atoms with Crippen molar-refractivity contribution in [3.63, 3.8) is 0 Å². The standard InChI is InChI=1S/C13H16N2OS/c1-14-8-12-9-15-13(17-12)7-10-3-5-11(16-2)6-4-10/h3-6,9,14H,7-8H2,1-2H3. The highest BCUT2D eigenvalue weighted by Gasteiger charge is 2.03. The Balaban J connectivity index is 2.03. The molecule has 0 aliphatic carbocycles. The first-order chi connectivity index (χ1) is 8.31. The minimum Gasteiger partial charge on any atom is -0.497 e. The zero-order valence-corrected chi connectivity index (χ0v) is 10.9. The van der Waals surface area contributed by atoms with Crippen molar-refractivity contribution in [2.24, 2.45) is 0 Å². The third kappa shape index (κ3) is 3.28. The molecule has 17 heavy (non-hydrogen) atoms. The normalized spacial score (nSPS) is 10.5. The predicted octanol–water partition coefficient (Wildman–Crippen LogP) is 2.46. The lowest BCUT2D eigenvalue weighted by atomic mass is 10.1. The first-order valence-corrected chi connectivity index (χ1v) is 6.34. The molecule has 1 aromatic carbocycles. The van der Waals surface area contributed by atoms with Crippen LogP contribution in [0.15, 0.2) is 30.5 Å². The second-order valence-corrected chi connectivity index (χ2v) is 4.98. The summed E-state index contributed by atoms with van der Waals surface area (Å²) in [5.41, 5.74) is 1.26. The van der Waals surface area contributed by atoms with Gasteiger partial charge in [-0.05, 0) is 24.7 Å². The summed E-state index contributed by atoms with van der Waals surface area (Å²) in [6.07, 6.45) is 2.83. The molecule has 0 aliphatic heterocycles. The molecule has 2 rings (SSSR count). The Morgan fingerprint density at radius 1 is 1.29 bits per heavy atom. The van der Waals surface area contributed by atoms with Gasteiger partial charge in [-0.25, -0.2) is 4.98 Å². The summed E-state index contributed by atoms with van der Waals surface area (Å²) in [6.45, 7) is 0.889. The molecule has 90 valence electrons. The van der Waals surface area contributed by atoms with E-state index in [1.165, 1.54) is 10.4 Å². The van der Waals surface area contributed by atoms with Crippen molar-refractivity contribution in [1.29, 1.82) is 0 Å². The topological polar surface area (TPSA) is 34.2 Å². The van der Waals surface area contributed by atoms with Crippen LogP contribution in [0.4, 0.5) is 0 Å². The summed E-state index contributed by atoms with van der Waals surface area (Å²) < 4.78 is 5.13. The van der Waals surface area contributed by atoms with E-state index in [1.54, 1.807) is 18.4 Å². The van der Waals surface area contributed by atoms with E-state index in [0.29, 0.717) is 0 Å². The van der Waals surface area contributed by atoms with E-state index in [0.717, 1.165) is 23.7 Å². The molecule has 0 spiro atoms. The van der Waals surface area contributed by atoms with Crippen molar-refractivity contribution < 1.29 is 4.74 Å². The largest absolute Gasteiger partial charge is 0.497 e. The highest BCUT2D eigenvalue weighted by atomic mass is 32.1. The lowest BCUT2D eigenvalue weighted by Gasteiger charge is -2.01. The molecule has 0 aliphatic rings. The van der Waals surface area contributed by atoms with Gasteiger partial charge in [0.15, 0.2) is 0 Å². The fourth-order valence-corrected chi connectivity index (χ4v) is 2.57. The van der Waals surface area contributed by atoms with E-state index in [1.807, 2.05) is 25.4 Å². The monoisotopic (exact) mass is 248 g/mol. The van der Waals surface area contributed by atoms with Crippen LogP contribution in [-0.4, -0.2) is 19.1 Å². The Morgan fingerprint density at radius 2 is 2.06 bits per heavy atom. The van der Waals surface area contributed by atoms with E-state index in [2.05, 4.69) is 22.4 Å². The Kier molecular flexibility index (Phi) is 4.12. The van der Waals surface area contributed by atoms with Crippen molar-refractivity contribution >= 4 is 11.3 Å². The molecule has 1 N–H and O–H groups in total. The molecular weight excluding hydrogens is 232 g/mol. The molecule has 0 radical (unpaired) electrons. The molecular formula is C13H16N2OS. The van der Waals surface area contributed by atoms with Gasteiger partial charge in [0.25, 0.3) is 0 Å². The Labute approximate surface area is 105 Å². The maximum absolute atomic E-state index is 5.13. The van der Waals surface area contributed by atoms with E-state index >= 15 is 0 Å². The average Bonchev–Trinajstić information content (AvgIpc) is 2.78. The van der Waals surface area contributed by atoms with Crippen molar-refractivity contribution in [2.45, 2.75) is 13.0 Å². The number of hydrogen-bond acceptors (Lipinski definition) is 4. The minimum atomic E-state index is 0.887. The number of ether oxygens (including phenoxy) is 1. The third-order valence-electron chi connectivity index (χ3n) is 2.47. The Morgan fingerprint density at radius 3 is 2.71 bits per heavy atom. The van der Waals surface area contributed by atoms with Crippen molar-refractivity contribution in [2.75, 3.05) is 14.2 Å². The third-order valence-corrected chi connectivity index (χ3v) is 3.46. The predicted molar refractivity (Wildman–Crippen MR) is 70.7 cm³/mol. The van der Waals surface area contributed by atoms with Crippen LogP contribution in [0.25, 0.3) is 0 Å². The van der Waals surface area contributed by atoms with E-state index in [9.17, 15) is 0 Å². The van der Waals surface area contributed by atoms with E-state index < -0.39 is 0 Å². The van der Waals surface area contributed by atoms with Gasteiger partial charge in [-0.15, -0.1) is 11.3 Å². The minimum absolute atomic E-state index is 0.887. The van der Waals surface area contributed by atoms with Crippen LogP contribution in [0, 0.1) is 0 Å². The van der Waals surface area contributed by atoms with Crippen LogP contribution < -0.4 is 10.1 Å². The highest BCUT2D eigenvalue weighted by Crippen LogP contribution is 2.18. The number of aromatic nitrogens is 1. The maximum Gasteiger partial charge on any atom is 0.118 e. The number of rotatable bonds is 5. The first kappa shape index (κ1) is 12.1. The van der Waals surface area contributed by atoms with Gasteiger partial charge in [0, 0.05) is 24.0 Å². The zero-order chi connectivity index (χ0) is 12.1. The lowest BCUT2D eigenvalue weighted by molar-refractivity contribution is 0.414. The number of methoxy groups -OCH3 is 1. The summed E-state index contributed by atoms with van der Waals surface area (Å²) in [5.74, 6) is 0.892. The summed E-state index contributed by atoms with van der Waals surface area (Å²) in [4.78, 5) is 5.69. The Bertz CT molecular complexity index is 465. The van der Waals surface area contributed by atoms with Gasteiger partial charge < -0.3 is 10.1 Å². The van der Waals surface area contributed by atoms with Crippen LogP contribution in [-0.2, 0) is 13.0 Å². The van der Waals surface area contributed by atoms with Gasteiger partial charge in [-0.3, -0.25) is 0 Å². The fourth-order valence-electron chi connectivity index (χ4n) is 1.60. The maximum atomic E-state index is 5.13. The number of hydrogen-bond donors (Lipinski definition) is 1. The van der Waals surface area contributed by atoms with Crippen LogP contribution in [0.5, 0.6) is 5.75 Å². The van der Waals surface area contributed by atoms with Crippen molar-refractivity contribution in [1.82, 2.24) is 10.3 Å². The molecule has 0 bridgehead atoms. The fraction of sp³-hybridized carbons (Fsp3) is 0.308. The second kappa shape index (κ2) is 5.80. The van der Waals surface area contributed by atoms with Crippen LogP contribution in [0.2, 0.25) is 0 Å². The molecule has 0 saturated heterocycles. The summed E-state index contributed by atoms with van der Waals surface area (Å²) in [6, 6.07) is 8.13. The lowest BCUT2D eigenvalue weighted by Crippen LogP contribution is -2.02. The first-order valence-electron chi connectivity index (χ1n) is 5.53.